The van der Waals surface area contributed by atoms with Crippen LogP contribution in [-0.2, 0) is 9.59 Å². The molecule has 1 heterocycles. The first kappa shape index (κ1) is 14.4. The first-order valence-electron chi connectivity index (χ1n) is 6.78. The third-order valence-electron chi connectivity index (χ3n) is 3.37. The van der Waals surface area contributed by atoms with Gasteiger partial charge in [-0.3, -0.25) is 9.59 Å². The van der Waals surface area contributed by atoms with Crippen molar-refractivity contribution in [3.63, 3.8) is 0 Å². The van der Waals surface area contributed by atoms with Crippen LogP contribution in [0, 0.1) is 5.92 Å². The minimum atomic E-state index is -0.271. The van der Waals surface area contributed by atoms with Crippen LogP contribution in [0.3, 0.4) is 0 Å². The summed E-state index contributed by atoms with van der Waals surface area (Å²) in [4.78, 5) is 27.3. The van der Waals surface area contributed by atoms with E-state index < -0.39 is 0 Å². The van der Waals surface area contributed by atoms with Crippen molar-refractivity contribution < 1.29 is 14.3 Å². The maximum atomic E-state index is 12.2. The topological polar surface area (TPSA) is 49.9 Å². The number of ether oxygens (including phenoxy) is 1. The fourth-order valence-corrected chi connectivity index (χ4v) is 2.43. The summed E-state index contributed by atoms with van der Waals surface area (Å²) in [7, 11) is 3.42. The highest BCUT2D eigenvalue weighted by atomic mass is 16.5. The lowest BCUT2D eigenvalue weighted by atomic mass is 10.1. The van der Waals surface area contributed by atoms with Crippen LogP contribution in [0.5, 0.6) is 5.75 Å². The predicted octanol–water partition coefficient (Wildman–Crippen LogP) is 1.53. The standard InChI is InChI=1S/C15H20N2O3/c1-4-20-13-8-6-5-7-12(13)17-10-11(9-14(17)18)15(19)16(2)3/h5-8,11H,4,9-10H2,1-3H3/t11-/m1/s1. The third kappa shape index (κ3) is 2.76. The number of para-hydroxylation sites is 2. The van der Waals surface area contributed by atoms with Crippen molar-refractivity contribution in [3.05, 3.63) is 24.3 Å². The Hall–Kier alpha value is -2.04. The minimum absolute atomic E-state index is 0.00487. The van der Waals surface area contributed by atoms with Crippen molar-refractivity contribution in [1.82, 2.24) is 4.90 Å². The Morgan fingerprint density at radius 1 is 1.40 bits per heavy atom. The average Bonchev–Trinajstić information content (AvgIpc) is 2.80. The molecule has 20 heavy (non-hydrogen) atoms. The van der Waals surface area contributed by atoms with Crippen molar-refractivity contribution >= 4 is 17.5 Å². The molecule has 0 N–H and O–H groups in total. The second-order valence-electron chi connectivity index (χ2n) is 5.04. The van der Waals surface area contributed by atoms with Gasteiger partial charge in [0.2, 0.25) is 11.8 Å². The zero-order chi connectivity index (χ0) is 14.7. The minimum Gasteiger partial charge on any atom is -0.492 e. The van der Waals surface area contributed by atoms with E-state index in [1.165, 1.54) is 4.90 Å². The van der Waals surface area contributed by atoms with Crippen LogP contribution in [-0.4, -0.2) is 44.0 Å². The highest BCUT2D eigenvalue weighted by Gasteiger charge is 2.36. The summed E-state index contributed by atoms with van der Waals surface area (Å²) >= 11 is 0. The van der Waals surface area contributed by atoms with Crippen LogP contribution < -0.4 is 9.64 Å². The van der Waals surface area contributed by atoms with Crippen molar-refractivity contribution in [2.24, 2.45) is 5.92 Å². The predicted molar refractivity (Wildman–Crippen MR) is 76.8 cm³/mol. The van der Waals surface area contributed by atoms with Gasteiger partial charge in [-0.15, -0.1) is 0 Å². The molecule has 0 unspecified atom stereocenters. The van der Waals surface area contributed by atoms with E-state index in [4.69, 9.17) is 4.74 Å². The van der Waals surface area contributed by atoms with Crippen molar-refractivity contribution in [1.29, 1.82) is 0 Å². The second-order valence-corrected chi connectivity index (χ2v) is 5.04. The summed E-state index contributed by atoms with van der Waals surface area (Å²) in [5.74, 6) is 0.376. The van der Waals surface area contributed by atoms with E-state index in [1.54, 1.807) is 19.0 Å². The van der Waals surface area contributed by atoms with Gasteiger partial charge in [0.1, 0.15) is 5.75 Å². The Balaban J connectivity index is 2.22. The molecule has 0 aromatic heterocycles. The van der Waals surface area contributed by atoms with Crippen molar-refractivity contribution in [2.75, 3.05) is 32.1 Å². The number of hydrogen-bond donors (Lipinski definition) is 0. The zero-order valence-corrected chi connectivity index (χ0v) is 12.1. The second kappa shape index (κ2) is 5.94. The molecule has 0 spiro atoms. The number of rotatable bonds is 4. The molecule has 2 amide bonds. The van der Waals surface area contributed by atoms with Gasteiger partial charge < -0.3 is 14.5 Å². The van der Waals surface area contributed by atoms with E-state index in [1.807, 2.05) is 31.2 Å². The number of anilines is 1. The van der Waals surface area contributed by atoms with Crippen molar-refractivity contribution in [3.8, 4) is 5.75 Å². The van der Waals surface area contributed by atoms with E-state index in [2.05, 4.69) is 0 Å². The van der Waals surface area contributed by atoms with Gasteiger partial charge >= 0.3 is 0 Å². The lowest BCUT2D eigenvalue weighted by molar-refractivity contribution is -0.133. The van der Waals surface area contributed by atoms with E-state index >= 15 is 0 Å². The van der Waals surface area contributed by atoms with Crippen LogP contribution in [0.15, 0.2) is 24.3 Å². The van der Waals surface area contributed by atoms with Gasteiger partial charge in [-0.2, -0.15) is 0 Å². The molecular weight excluding hydrogens is 256 g/mol. The van der Waals surface area contributed by atoms with Gasteiger partial charge in [0.25, 0.3) is 0 Å². The van der Waals surface area contributed by atoms with E-state index in [-0.39, 0.29) is 24.2 Å². The molecule has 1 atom stereocenters. The third-order valence-corrected chi connectivity index (χ3v) is 3.37. The molecule has 1 saturated heterocycles. The number of benzene rings is 1. The maximum absolute atomic E-state index is 12.2. The van der Waals surface area contributed by atoms with E-state index in [0.717, 1.165) is 5.69 Å². The largest absolute Gasteiger partial charge is 0.492 e. The van der Waals surface area contributed by atoms with Crippen LogP contribution in [0.4, 0.5) is 5.69 Å². The molecule has 1 aromatic carbocycles. The molecule has 108 valence electrons. The molecule has 5 nitrogen and oxygen atoms in total. The maximum Gasteiger partial charge on any atom is 0.227 e. The number of carbonyl (C=O) groups excluding carboxylic acids is 2. The SMILES string of the molecule is CCOc1ccccc1N1C[C@H](C(=O)N(C)C)CC1=O. The first-order chi connectivity index (χ1) is 9.54. The van der Waals surface area contributed by atoms with Crippen LogP contribution >= 0.6 is 0 Å². The summed E-state index contributed by atoms with van der Waals surface area (Å²) in [6.45, 7) is 2.86. The normalized spacial score (nSPS) is 18.2. The number of carbonyl (C=O) groups is 2. The summed E-state index contributed by atoms with van der Waals surface area (Å²) in [6.07, 6.45) is 0.261. The summed E-state index contributed by atoms with van der Waals surface area (Å²) < 4.78 is 5.55. The monoisotopic (exact) mass is 276 g/mol. The molecular formula is C15H20N2O3. The van der Waals surface area contributed by atoms with Gasteiger partial charge in [-0.25, -0.2) is 0 Å². The van der Waals surface area contributed by atoms with Crippen LogP contribution in [0.25, 0.3) is 0 Å². The highest BCUT2D eigenvalue weighted by molar-refractivity contribution is 6.01. The van der Waals surface area contributed by atoms with Crippen LogP contribution in [0.2, 0.25) is 0 Å². The van der Waals surface area contributed by atoms with E-state index in [0.29, 0.717) is 18.9 Å². The van der Waals surface area contributed by atoms with Gasteiger partial charge in [0.05, 0.1) is 18.2 Å². The Morgan fingerprint density at radius 3 is 2.75 bits per heavy atom. The lowest BCUT2D eigenvalue weighted by Gasteiger charge is -2.20. The highest BCUT2D eigenvalue weighted by Crippen LogP contribution is 2.33. The zero-order valence-electron chi connectivity index (χ0n) is 12.1. The van der Waals surface area contributed by atoms with Crippen LogP contribution in [0.1, 0.15) is 13.3 Å². The molecule has 1 aliphatic heterocycles. The Kier molecular flexibility index (Phi) is 4.27. The summed E-state index contributed by atoms with van der Waals surface area (Å²) in [5, 5.41) is 0. The Labute approximate surface area is 119 Å². The molecule has 0 aliphatic carbocycles. The molecule has 0 bridgehead atoms. The van der Waals surface area contributed by atoms with Gasteiger partial charge in [0.15, 0.2) is 0 Å². The smallest absolute Gasteiger partial charge is 0.227 e. The number of amides is 2. The first-order valence-corrected chi connectivity index (χ1v) is 6.78. The van der Waals surface area contributed by atoms with Crippen molar-refractivity contribution in [2.45, 2.75) is 13.3 Å². The summed E-state index contributed by atoms with van der Waals surface area (Å²) in [5.41, 5.74) is 0.744. The number of nitrogens with zero attached hydrogens (tertiary/aromatic N) is 2. The van der Waals surface area contributed by atoms with Gasteiger partial charge in [-0.05, 0) is 19.1 Å². The molecule has 2 rings (SSSR count). The number of hydrogen-bond acceptors (Lipinski definition) is 3. The quantitative estimate of drug-likeness (QED) is 0.838. The van der Waals surface area contributed by atoms with Gasteiger partial charge in [-0.1, -0.05) is 12.1 Å². The molecule has 0 radical (unpaired) electrons. The molecule has 1 fully saturated rings. The summed E-state index contributed by atoms with van der Waals surface area (Å²) in [6, 6.07) is 7.43. The Morgan fingerprint density at radius 2 is 2.10 bits per heavy atom. The fraction of sp³-hybridized carbons (Fsp3) is 0.467. The lowest BCUT2D eigenvalue weighted by Crippen LogP contribution is -2.32. The fourth-order valence-electron chi connectivity index (χ4n) is 2.43. The molecule has 1 aliphatic rings. The molecule has 1 aromatic rings. The Bertz CT molecular complexity index is 514. The average molecular weight is 276 g/mol. The van der Waals surface area contributed by atoms with Gasteiger partial charge in [0, 0.05) is 27.1 Å². The molecule has 0 saturated carbocycles. The van der Waals surface area contributed by atoms with E-state index in [9.17, 15) is 9.59 Å². The molecule has 5 heteroatoms.